The second kappa shape index (κ2) is 5.76. The Morgan fingerprint density at radius 3 is 2.38 bits per heavy atom. The van der Waals surface area contributed by atoms with Gasteiger partial charge in [-0.15, -0.1) is 0 Å². The molecule has 0 radical (unpaired) electrons. The molecule has 1 aromatic rings. The zero-order chi connectivity index (χ0) is 15.6. The van der Waals surface area contributed by atoms with Crippen LogP contribution in [0.25, 0.3) is 0 Å². The van der Waals surface area contributed by atoms with E-state index in [4.69, 9.17) is 10.5 Å². The summed E-state index contributed by atoms with van der Waals surface area (Å²) in [5.41, 5.74) is 7.74. The van der Waals surface area contributed by atoms with Crippen LogP contribution in [0.2, 0.25) is 0 Å². The van der Waals surface area contributed by atoms with Crippen molar-refractivity contribution in [2.45, 2.75) is 39.7 Å². The normalized spacial score (nSPS) is 19.2. The first-order valence-electron chi connectivity index (χ1n) is 7.27. The Kier molecular flexibility index (Phi) is 4.21. The van der Waals surface area contributed by atoms with E-state index in [1.165, 1.54) is 0 Å². The highest BCUT2D eigenvalue weighted by Crippen LogP contribution is 2.32. The van der Waals surface area contributed by atoms with Crippen LogP contribution in [0.1, 0.15) is 44.5 Å². The maximum Gasteiger partial charge on any atom is 0.191 e. The maximum absolute atomic E-state index is 12.6. The van der Waals surface area contributed by atoms with Crippen molar-refractivity contribution in [3.05, 3.63) is 59.0 Å². The molecule has 21 heavy (non-hydrogen) atoms. The summed E-state index contributed by atoms with van der Waals surface area (Å²) in [6.07, 6.45) is 2.49. The molecule has 1 aliphatic carbocycles. The molecular formula is C18H23NO2. The van der Waals surface area contributed by atoms with Crippen molar-refractivity contribution >= 4 is 5.78 Å². The van der Waals surface area contributed by atoms with Gasteiger partial charge >= 0.3 is 0 Å². The van der Waals surface area contributed by atoms with Gasteiger partial charge < -0.3 is 10.5 Å². The minimum Gasteiger partial charge on any atom is -0.492 e. The minimum absolute atomic E-state index is 0.00617. The lowest BCUT2D eigenvalue weighted by atomic mass is 9.85. The Bertz CT molecular complexity index is 591. The Labute approximate surface area is 126 Å². The Balaban J connectivity index is 2.31. The molecule has 1 atom stereocenters. The van der Waals surface area contributed by atoms with Gasteiger partial charge in [-0.3, -0.25) is 4.79 Å². The molecule has 1 aliphatic rings. The van der Waals surface area contributed by atoms with Crippen molar-refractivity contribution in [3.63, 3.8) is 0 Å². The van der Waals surface area contributed by atoms with E-state index in [1.54, 1.807) is 6.08 Å². The number of ether oxygens (including phenoxy) is 1. The number of rotatable bonds is 3. The third-order valence-corrected chi connectivity index (χ3v) is 3.35. The Morgan fingerprint density at radius 1 is 1.24 bits per heavy atom. The average Bonchev–Trinajstić information content (AvgIpc) is 2.36. The predicted octanol–water partition coefficient (Wildman–Crippen LogP) is 3.82. The fraction of sp³-hybridized carbons (Fsp3) is 0.389. The number of carbonyl (C=O) groups excluding carboxylic acids is 1. The quantitative estimate of drug-likeness (QED) is 0.859. The summed E-state index contributed by atoms with van der Waals surface area (Å²) < 4.78 is 5.89. The molecule has 0 amide bonds. The van der Waals surface area contributed by atoms with Gasteiger partial charge in [0.25, 0.3) is 0 Å². The van der Waals surface area contributed by atoms with E-state index in [9.17, 15) is 4.79 Å². The van der Waals surface area contributed by atoms with Crippen molar-refractivity contribution in [1.82, 2.24) is 0 Å². The summed E-state index contributed by atoms with van der Waals surface area (Å²) in [5, 5.41) is 0. The van der Waals surface area contributed by atoms with E-state index in [-0.39, 0.29) is 17.3 Å². The van der Waals surface area contributed by atoms with Crippen LogP contribution in [-0.4, -0.2) is 11.4 Å². The van der Waals surface area contributed by atoms with Gasteiger partial charge in [0.15, 0.2) is 5.78 Å². The van der Waals surface area contributed by atoms with Gasteiger partial charge in [-0.1, -0.05) is 37.3 Å². The van der Waals surface area contributed by atoms with Crippen LogP contribution in [0.15, 0.2) is 53.4 Å². The lowest BCUT2D eigenvalue weighted by Gasteiger charge is -2.29. The van der Waals surface area contributed by atoms with Gasteiger partial charge in [-0.25, -0.2) is 0 Å². The molecule has 0 bridgehead atoms. The first-order chi connectivity index (χ1) is 9.78. The Morgan fingerprint density at radius 2 is 1.86 bits per heavy atom. The molecule has 1 aromatic carbocycles. The first kappa shape index (κ1) is 15.4. The number of hydrogen-bond donors (Lipinski definition) is 1. The molecular weight excluding hydrogens is 262 g/mol. The molecule has 2 rings (SSSR count). The van der Waals surface area contributed by atoms with E-state index < -0.39 is 0 Å². The monoisotopic (exact) mass is 285 g/mol. The molecule has 0 fully saturated rings. The van der Waals surface area contributed by atoms with Crippen molar-refractivity contribution in [1.29, 1.82) is 0 Å². The molecule has 1 unspecified atom stereocenters. The highest BCUT2D eigenvalue weighted by atomic mass is 16.5. The third-order valence-electron chi connectivity index (χ3n) is 3.35. The lowest BCUT2D eigenvalue weighted by Crippen LogP contribution is -2.25. The smallest absolute Gasteiger partial charge is 0.191 e. The average molecular weight is 285 g/mol. The molecule has 0 heterocycles. The largest absolute Gasteiger partial charge is 0.492 e. The van der Waals surface area contributed by atoms with E-state index in [2.05, 4.69) is 0 Å². The van der Waals surface area contributed by atoms with Crippen molar-refractivity contribution in [2.24, 2.45) is 11.7 Å². The van der Waals surface area contributed by atoms with E-state index in [0.29, 0.717) is 23.3 Å². The molecule has 0 aliphatic heterocycles. The Hall–Kier alpha value is -2.03. The van der Waals surface area contributed by atoms with Crippen molar-refractivity contribution in [3.8, 4) is 0 Å². The topological polar surface area (TPSA) is 52.3 Å². The summed E-state index contributed by atoms with van der Waals surface area (Å²) in [4.78, 5) is 12.6. The third kappa shape index (κ3) is 3.75. The summed E-state index contributed by atoms with van der Waals surface area (Å²) >= 11 is 0. The number of ketones is 1. The number of carbonyl (C=O) groups is 1. The summed E-state index contributed by atoms with van der Waals surface area (Å²) in [6.45, 7) is 8.03. The van der Waals surface area contributed by atoms with Crippen LogP contribution in [0.5, 0.6) is 0 Å². The van der Waals surface area contributed by atoms with Gasteiger partial charge in [0.1, 0.15) is 5.60 Å². The van der Waals surface area contributed by atoms with E-state index in [1.807, 2.05) is 58.0 Å². The molecule has 0 aromatic heterocycles. The highest BCUT2D eigenvalue weighted by molar-refractivity contribution is 6.09. The predicted molar refractivity (Wildman–Crippen MR) is 84.7 cm³/mol. The molecule has 2 N–H and O–H groups in total. The van der Waals surface area contributed by atoms with Crippen LogP contribution < -0.4 is 5.73 Å². The van der Waals surface area contributed by atoms with Crippen molar-refractivity contribution < 1.29 is 9.53 Å². The van der Waals surface area contributed by atoms with Crippen LogP contribution in [0.4, 0.5) is 0 Å². The van der Waals surface area contributed by atoms with Crippen LogP contribution in [0, 0.1) is 5.92 Å². The van der Waals surface area contributed by atoms with E-state index in [0.717, 1.165) is 5.76 Å². The first-order valence-corrected chi connectivity index (χ1v) is 7.27. The zero-order valence-corrected chi connectivity index (χ0v) is 13.1. The summed E-state index contributed by atoms with van der Waals surface area (Å²) in [5.74, 6) is 0.906. The lowest BCUT2D eigenvalue weighted by molar-refractivity contribution is 0.0434. The second-order valence-corrected chi connectivity index (χ2v) is 6.49. The van der Waals surface area contributed by atoms with Gasteiger partial charge in [0.05, 0.1) is 5.76 Å². The fourth-order valence-corrected chi connectivity index (χ4v) is 2.56. The highest BCUT2D eigenvalue weighted by Gasteiger charge is 2.27. The second-order valence-electron chi connectivity index (χ2n) is 6.49. The van der Waals surface area contributed by atoms with Gasteiger partial charge in [-0.2, -0.15) is 0 Å². The summed E-state index contributed by atoms with van der Waals surface area (Å²) in [6, 6.07) is 9.26. The maximum atomic E-state index is 12.6. The number of nitrogens with two attached hydrogens (primary N) is 1. The molecule has 112 valence electrons. The number of allylic oxidation sites excluding steroid dienone is 3. The van der Waals surface area contributed by atoms with Crippen LogP contribution in [0.3, 0.4) is 0 Å². The SMILES string of the molecule is CC1CC(OC(C)(C)C)=CC(N)=C1C(=O)c1ccccc1. The van der Waals surface area contributed by atoms with Gasteiger partial charge in [-0.05, 0) is 32.8 Å². The van der Waals surface area contributed by atoms with Crippen LogP contribution in [-0.2, 0) is 4.74 Å². The molecule has 3 heteroatoms. The number of Topliss-reactive ketones (excluding diaryl/α,β-unsaturated/α-hetero) is 1. The minimum atomic E-state index is -0.257. The fourth-order valence-electron chi connectivity index (χ4n) is 2.56. The molecule has 0 saturated carbocycles. The van der Waals surface area contributed by atoms with E-state index >= 15 is 0 Å². The summed E-state index contributed by atoms with van der Waals surface area (Å²) in [7, 11) is 0. The standard InChI is InChI=1S/C18H23NO2/c1-12-10-14(21-18(2,3)4)11-15(19)16(12)17(20)13-8-6-5-7-9-13/h5-9,11-12H,10,19H2,1-4H3. The molecule has 3 nitrogen and oxygen atoms in total. The molecule has 0 saturated heterocycles. The van der Waals surface area contributed by atoms with Crippen molar-refractivity contribution in [2.75, 3.05) is 0 Å². The zero-order valence-electron chi connectivity index (χ0n) is 13.1. The van der Waals surface area contributed by atoms with Crippen LogP contribution >= 0.6 is 0 Å². The van der Waals surface area contributed by atoms with Gasteiger partial charge in [0.2, 0.25) is 0 Å². The number of hydrogen-bond acceptors (Lipinski definition) is 3. The molecule has 0 spiro atoms. The van der Waals surface area contributed by atoms with Gasteiger partial charge in [0, 0.05) is 23.3 Å². The number of benzene rings is 1.